The Kier molecular flexibility index (Phi) is 7.08. The lowest BCUT2D eigenvalue weighted by molar-refractivity contribution is 0.389. The van der Waals surface area contributed by atoms with Gasteiger partial charge in [-0.2, -0.15) is 0 Å². The van der Waals surface area contributed by atoms with E-state index >= 15 is 0 Å². The Bertz CT molecular complexity index is 597. The zero-order chi connectivity index (χ0) is 16.2. The summed E-state index contributed by atoms with van der Waals surface area (Å²) in [5.74, 6) is 1.41. The summed E-state index contributed by atoms with van der Waals surface area (Å²) >= 11 is 0. The monoisotopic (exact) mass is 294 g/mol. The van der Waals surface area contributed by atoms with Crippen LogP contribution in [0.5, 0.6) is 23.0 Å². The molecule has 0 fully saturated rings. The molecule has 0 aromatic heterocycles. The lowest BCUT2D eigenvalue weighted by Crippen LogP contribution is -1.94. The standard InChI is InChI=1S/C18H14O4/c1-5-9-19-15-13-17(21-11-7-3)18(22-12-8-4)14-16(15)20-10-6-2/h9-14H,1-4H2. The van der Waals surface area contributed by atoms with Gasteiger partial charge in [0, 0.05) is 12.1 Å². The minimum absolute atomic E-state index is 0.352. The first kappa shape index (κ1) is 16.6. The van der Waals surface area contributed by atoms with Gasteiger partial charge in [0.2, 0.25) is 0 Å². The first-order valence-corrected chi connectivity index (χ1v) is 5.98. The van der Waals surface area contributed by atoms with E-state index in [1.165, 1.54) is 25.0 Å². The van der Waals surface area contributed by atoms with Crippen LogP contribution < -0.4 is 18.9 Å². The third-order valence-electron chi connectivity index (χ3n) is 2.09. The summed E-state index contributed by atoms with van der Waals surface area (Å²) in [7, 11) is 0. The van der Waals surface area contributed by atoms with Crippen molar-refractivity contribution in [1.29, 1.82) is 0 Å². The van der Waals surface area contributed by atoms with Gasteiger partial charge in [0.15, 0.2) is 23.0 Å². The second-order valence-corrected chi connectivity index (χ2v) is 3.50. The van der Waals surface area contributed by atoms with Crippen LogP contribution in [-0.2, 0) is 0 Å². The highest BCUT2D eigenvalue weighted by Gasteiger charge is 2.14. The molecule has 1 rings (SSSR count). The fourth-order valence-corrected chi connectivity index (χ4v) is 1.31. The van der Waals surface area contributed by atoms with Crippen LogP contribution in [0.3, 0.4) is 0 Å². The first-order chi connectivity index (χ1) is 10.8. The van der Waals surface area contributed by atoms with E-state index in [2.05, 4.69) is 49.2 Å². The van der Waals surface area contributed by atoms with Crippen LogP contribution in [0.4, 0.5) is 0 Å². The summed E-state index contributed by atoms with van der Waals surface area (Å²) in [6, 6.07) is 3.11. The smallest absolute Gasteiger partial charge is 0.173 e. The van der Waals surface area contributed by atoms with Crippen molar-refractivity contribution in [3.8, 4) is 23.0 Å². The molecule has 0 aliphatic carbocycles. The molecule has 0 N–H and O–H groups in total. The highest BCUT2D eigenvalue weighted by Crippen LogP contribution is 2.40. The summed E-state index contributed by atoms with van der Waals surface area (Å²) < 4.78 is 21.4. The van der Waals surface area contributed by atoms with Crippen LogP contribution in [-0.4, -0.2) is 0 Å². The van der Waals surface area contributed by atoms with E-state index in [0.29, 0.717) is 23.0 Å². The molecular weight excluding hydrogens is 280 g/mol. The van der Waals surface area contributed by atoms with Crippen molar-refractivity contribution in [1.82, 2.24) is 0 Å². The van der Waals surface area contributed by atoms with Gasteiger partial charge >= 0.3 is 0 Å². The van der Waals surface area contributed by atoms with E-state index in [0.717, 1.165) is 0 Å². The SMILES string of the molecule is C=C=COc1cc(OC=C=C)c(OC=C=C)cc1OC=C=C. The minimum Gasteiger partial charge on any atom is -0.453 e. The van der Waals surface area contributed by atoms with Crippen LogP contribution in [0.1, 0.15) is 0 Å². The molecule has 4 nitrogen and oxygen atoms in total. The highest BCUT2D eigenvalue weighted by molar-refractivity contribution is 5.55. The molecule has 4 heteroatoms. The largest absolute Gasteiger partial charge is 0.453 e. The topological polar surface area (TPSA) is 36.9 Å². The molecule has 0 heterocycles. The van der Waals surface area contributed by atoms with Crippen molar-refractivity contribution in [3.63, 3.8) is 0 Å². The molecular formula is C18H14O4. The third kappa shape index (κ3) is 4.88. The van der Waals surface area contributed by atoms with Crippen molar-refractivity contribution < 1.29 is 18.9 Å². The normalized spacial score (nSPS) is 8.00. The summed E-state index contributed by atoms with van der Waals surface area (Å²) in [6.07, 6.45) is 5.10. The summed E-state index contributed by atoms with van der Waals surface area (Å²) in [5, 5.41) is 0. The van der Waals surface area contributed by atoms with E-state index in [-0.39, 0.29) is 0 Å². The van der Waals surface area contributed by atoms with E-state index in [9.17, 15) is 0 Å². The molecule has 0 aliphatic rings. The molecule has 0 unspecified atom stereocenters. The Labute approximate surface area is 129 Å². The van der Waals surface area contributed by atoms with E-state index < -0.39 is 0 Å². The Morgan fingerprint density at radius 2 is 0.773 bits per heavy atom. The zero-order valence-corrected chi connectivity index (χ0v) is 11.9. The maximum atomic E-state index is 5.35. The Morgan fingerprint density at radius 3 is 0.955 bits per heavy atom. The van der Waals surface area contributed by atoms with E-state index in [4.69, 9.17) is 18.9 Å². The molecule has 0 saturated heterocycles. The minimum atomic E-state index is 0.352. The number of hydrogen-bond donors (Lipinski definition) is 0. The van der Waals surface area contributed by atoms with Gasteiger partial charge in [0.1, 0.15) is 25.0 Å². The fourth-order valence-electron chi connectivity index (χ4n) is 1.31. The molecule has 0 bridgehead atoms. The maximum Gasteiger partial charge on any atom is 0.173 e. The Hall–Kier alpha value is -3.50. The molecule has 22 heavy (non-hydrogen) atoms. The summed E-state index contributed by atoms with van der Waals surface area (Å²) in [5.41, 5.74) is 9.97. The van der Waals surface area contributed by atoms with Crippen molar-refractivity contribution in [2.45, 2.75) is 0 Å². The van der Waals surface area contributed by atoms with Gasteiger partial charge in [-0.15, -0.1) is 0 Å². The molecule has 0 radical (unpaired) electrons. The van der Waals surface area contributed by atoms with Gasteiger partial charge in [-0.3, -0.25) is 0 Å². The van der Waals surface area contributed by atoms with Crippen LogP contribution in [0.2, 0.25) is 0 Å². The van der Waals surface area contributed by atoms with Crippen molar-refractivity contribution >= 4 is 0 Å². The maximum absolute atomic E-state index is 5.35. The zero-order valence-electron chi connectivity index (χ0n) is 11.9. The molecule has 0 amide bonds. The van der Waals surface area contributed by atoms with Gasteiger partial charge < -0.3 is 18.9 Å². The molecule has 110 valence electrons. The number of rotatable bonds is 8. The predicted octanol–water partition coefficient (Wildman–Crippen LogP) is 4.40. The van der Waals surface area contributed by atoms with Gasteiger partial charge in [-0.1, -0.05) is 49.2 Å². The second-order valence-electron chi connectivity index (χ2n) is 3.50. The lowest BCUT2D eigenvalue weighted by atomic mass is 10.2. The third-order valence-corrected chi connectivity index (χ3v) is 2.09. The van der Waals surface area contributed by atoms with Gasteiger partial charge in [-0.05, 0) is 0 Å². The molecule has 0 spiro atoms. The average molecular weight is 294 g/mol. The molecule has 0 atom stereocenters. The number of benzene rings is 1. The number of ether oxygens (including phenoxy) is 4. The average Bonchev–Trinajstić information content (AvgIpc) is 2.55. The number of hydrogen-bond acceptors (Lipinski definition) is 4. The molecule has 0 aliphatic heterocycles. The van der Waals surface area contributed by atoms with E-state index in [1.54, 1.807) is 12.1 Å². The van der Waals surface area contributed by atoms with E-state index in [1.807, 2.05) is 0 Å². The molecule has 1 aromatic carbocycles. The van der Waals surface area contributed by atoms with Crippen LogP contribution in [0.25, 0.3) is 0 Å². The van der Waals surface area contributed by atoms with Gasteiger partial charge in [-0.25, -0.2) is 0 Å². The molecule has 0 saturated carbocycles. The summed E-state index contributed by atoms with van der Waals surface area (Å²) in [6.45, 7) is 13.7. The Morgan fingerprint density at radius 1 is 0.545 bits per heavy atom. The predicted molar refractivity (Wildman–Crippen MR) is 83.8 cm³/mol. The van der Waals surface area contributed by atoms with Crippen LogP contribution in [0, 0.1) is 0 Å². The van der Waals surface area contributed by atoms with Gasteiger partial charge in [0.25, 0.3) is 0 Å². The quantitative estimate of drug-likeness (QED) is 0.526. The van der Waals surface area contributed by atoms with Gasteiger partial charge in [0.05, 0.1) is 0 Å². The lowest BCUT2D eigenvalue weighted by Gasteiger charge is -2.12. The Balaban J connectivity index is 3.38. The van der Waals surface area contributed by atoms with Crippen molar-refractivity contribution in [2.24, 2.45) is 0 Å². The van der Waals surface area contributed by atoms with Crippen molar-refractivity contribution in [3.05, 3.63) is 86.4 Å². The fraction of sp³-hybridized carbons (Fsp3) is 0. The highest BCUT2D eigenvalue weighted by atomic mass is 16.5. The van der Waals surface area contributed by atoms with Crippen LogP contribution >= 0.6 is 0 Å². The summed E-state index contributed by atoms with van der Waals surface area (Å²) in [4.78, 5) is 0. The van der Waals surface area contributed by atoms with Crippen LogP contribution in [0.15, 0.2) is 86.4 Å². The molecule has 1 aromatic rings. The second kappa shape index (κ2) is 9.41. The van der Waals surface area contributed by atoms with Crippen molar-refractivity contribution in [2.75, 3.05) is 0 Å². The first-order valence-electron chi connectivity index (χ1n) is 5.98.